The third-order valence-electron chi connectivity index (χ3n) is 3.89. The van der Waals surface area contributed by atoms with E-state index in [1.807, 2.05) is 6.07 Å². The van der Waals surface area contributed by atoms with Crippen LogP contribution in [0.2, 0.25) is 0 Å². The van der Waals surface area contributed by atoms with Crippen LogP contribution in [-0.4, -0.2) is 16.1 Å². The van der Waals surface area contributed by atoms with Gasteiger partial charge in [-0.25, -0.2) is 4.79 Å². The van der Waals surface area contributed by atoms with Gasteiger partial charge in [0.05, 0.1) is 0 Å². The molecule has 0 fully saturated rings. The van der Waals surface area contributed by atoms with Gasteiger partial charge in [-0.15, -0.1) is 0 Å². The van der Waals surface area contributed by atoms with Crippen LogP contribution in [0.5, 0.6) is 0 Å². The minimum atomic E-state index is -0.849. The average Bonchev–Trinajstić information content (AvgIpc) is 2.81. The summed E-state index contributed by atoms with van der Waals surface area (Å²) >= 11 is 0. The minimum absolute atomic E-state index is 0.348. The van der Waals surface area contributed by atoms with Crippen LogP contribution < -0.4 is 0 Å². The molecule has 0 saturated carbocycles. The summed E-state index contributed by atoms with van der Waals surface area (Å²) in [7, 11) is 0. The van der Waals surface area contributed by atoms with Crippen molar-refractivity contribution in [2.24, 2.45) is 5.92 Å². The molecule has 0 spiro atoms. The molecule has 3 nitrogen and oxygen atoms in total. The van der Waals surface area contributed by atoms with E-state index in [-0.39, 0.29) is 0 Å². The number of fused-ring (bicyclic) bond motifs is 1. The highest BCUT2D eigenvalue weighted by molar-refractivity contribution is 5.86. The highest BCUT2D eigenvalue weighted by Crippen LogP contribution is 2.41. The fourth-order valence-corrected chi connectivity index (χ4v) is 2.97. The van der Waals surface area contributed by atoms with Crippen molar-refractivity contribution >= 4 is 5.97 Å². The Morgan fingerprint density at radius 2 is 2.25 bits per heavy atom. The first-order valence-electron chi connectivity index (χ1n) is 6.12. The third kappa shape index (κ3) is 1.75. The molecule has 1 heterocycles. The minimum Gasteiger partial charge on any atom is -0.477 e. The number of aromatic amines is 1. The number of aromatic nitrogens is 1. The van der Waals surface area contributed by atoms with Gasteiger partial charge in [-0.3, -0.25) is 0 Å². The molecule has 88 valence electrons. The van der Waals surface area contributed by atoms with Gasteiger partial charge in [0, 0.05) is 5.69 Å². The number of rotatable bonds is 4. The Bertz CT molecular complexity index is 391. The molecule has 1 aliphatic carbocycles. The Morgan fingerprint density at radius 3 is 2.81 bits per heavy atom. The summed E-state index contributed by atoms with van der Waals surface area (Å²) in [4.78, 5) is 13.9. The molecule has 0 aliphatic heterocycles. The molecule has 1 aromatic rings. The molecule has 2 N–H and O–H groups in total. The largest absolute Gasteiger partial charge is 0.477 e. The third-order valence-corrected chi connectivity index (χ3v) is 3.89. The molecule has 1 aromatic heterocycles. The first kappa shape index (κ1) is 11.2. The van der Waals surface area contributed by atoms with Gasteiger partial charge in [0.25, 0.3) is 0 Å². The van der Waals surface area contributed by atoms with Crippen LogP contribution in [0.4, 0.5) is 0 Å². The molecule has 0 bridgehead atoms. The zero-order valence-corrected chi connectivity index (χ0v) is 9.92. The van der Waals surface area contributed by atoms with Crippen LogP contribution in [0.1, 0.15) is 60.8 Å². The molecule has 1 atom stereocenters. The summed E-state index contributed by atoms with van der Waals surface area (Å²) in [5.41, 5.74) is 2.75. The number of hydrogen-bond donors (Lipinski definition) is 2. The molecular weight excluding hydrogens is 202 g/mol. The Balaban J connectivity index is 2.27. The lowest BCUT2D eigenvalue weighted by atomic mass is 9.84. The van der Waals surface area contributed by atoms with Gasteiger partial charge in [0.2, 0.25) is 0 Å². The SMILES string of the molecule is CCC(CC)C1CCc2[nH]c(C(=O)O)cc21. The summed E-state index contributed by atoms with van der Waals surface area (Å²) in [6.45, 7) is 4.44. The van der Waals surface area contributed by atoms with E-state index < -0.39 is 5.97 Å². The second-order valence-corrected chi connectivity index (χ2v) is 4.64. The van der Waals surface area contributed by atoms with Crippen molar-refractivity contribution in [2.75, 3.05) is 0 Å². The maximum absolute atomic E-state index is 10.9. The summed E-state index contributed by atoms with van der Waals surface area (Å²) in [5, 5.41) is 8.95. The van der Waals surface area contributed by atoms with E-state index in [1.165, 1.54) is 24.8 Å². The molecule has 0 saturated heterocycles. The van der Waals surface area contributed by atoms with Crippen LogP contribution in [0.25, 0.3) is 0 Å². The Labute approximate surface area is 95.9 Å². The zero-order chi connectivity index (χ0) is 11.7. The van der Waals surface area contributed by atoms with Gasteiger partial charge in [0.15, 0.2) is 0 Å². The maximum Gasteiger partial charge on any atom is 0.352 e. The van der Waals surface area contributed by atoms with E-state index in [1.54, 1.807) is 0 Å². The summed E-state index contributed by atoms with van der Waals surface area (Å²) in [6, 6.07) is 1.84. The van der Waals surface area contributed by atoms with Gasteiger partial charge in [-0.1, -0.05) is 26.7 Å². The van der Waals surface area contributed by atoms with Crippen molar-refractivity contribution in [2.45, 2.75) is 45.4 Å². The molecule has 3 heteroatoms. The van der Waals surface area contributed by atoms with E-state index in [2.05, 4.69) is 18.8 Å². The molecule has 0 radical (unpaired) electrons. The number of carbonyl (C=O) groups is 1. The smallest absolute Gasteiger partial charge is 0.352 e. The number of carboxylic acid groups (broad SMARTS) is 1. The molecule has 0 aromatic carbocycles. The number of carboxylic acids is 1. The standard InChI is InChI=1S/C13H19NO2/c1-3-8(4-2)9-5-6-11-10(9)7-12(14-11)13(15)16/h7-9,14H,3-6H2,1-2H3,(H,15,16). The van der Waals surface area contributed by atoms with E-state index in [9.17, 15) is 4.79 Å². The lowest BCUT2D eigenvalue weighted by Crippen LogP contribution is -2.08. The normalized spacial score (nSPS) is 19.1. The first-order valence-corrected chi connectivity index (χ1v) is 6.12. The molecule has 2 rings (SSSR count). The second kappa shape index (κ2) is 4.32. The monoisotopic (exact) mass is 221 g/mol. The second-order valence-electron chi connectivity index (χ2n) is 4.64. The van der Waals surface area contributed by atoms with Crippen molar-refractivity contribution in [1.82, 2.24) is 4.98 Å². The number of hydrogen-bond acceptors (Lipinski definition) is 1. The van der Waals surface area contributed by atoms with Crippen LogP contribution >= 0.6 is 0 Å². The Morgan fingerprint density at radius 1 is 1.56 bits per heavy atom. The van der Waals surface area contributed by atoms with Crippen molar-refractivity contribution in [3.8, 4) is 0 Å². The van der Waals surface area contributed by atoms with Gasteiger partial charge < -0.3 is 10.1 Å². The summed E-state index contributed by atoms with van der Waals surface area (Å²) in [5.74, 6) is 0.408. The molecular formula is C13H19NO2. The van der Waals surface area contributed by atoms with Crippen LogP contribution in [0.3, 0.4) is 0 Å². The van der Waals surface area contributed by atoms with Crippen LogP contribution in [0, 0.1) is 5.92 Å². The molecule has 1 unspecified atom stereocenters. The highest BCUT2D eigenvalue weighted by atomic mass is 16.4. The van der Waals surface area contributed by atoms with Crippen LogP contribution in [-0.2, 0) is 6.42 Å². The Kier molecular flexibility index (Phi) is 3.03. The van der Waals surface area contributed by atoms with E-state index in [0.717, 1.165) is 12.1 Å². The van der Waals surface area contributed by atoms with Crippen molar-refractivity contribution < 1.29 is 9.90 Å². The van der Waals surface area contributed by atoms with Gasteiger partial charge >= 0.3 is 5.97 Å². The molecule has 0 amide bonds. The fourth-order valence-electron chi connectivity index (χ4n) is 2.97. The summed E-state index contributed by atoms with van der Waals surface area (Å²) < 4.78 is 0. The predicted molar refractivity (Wildman–Crippen MR) is 62.9 cm³/mol. The quantitative estimate of drug-likeness (QED) is 0.820. The average molecular weight is 221 g/mol. The number of H-pyrrole nitrogens is 1. The van der Waals surface area contributed by atoms with Crippen molar-refractivity contribution in [1.29, 1.82) is 0 Å². The first-order chi connectivity index (χ1) is 7.67. The highest BCUT2D eigenvalue weighted by Gasteiger charge is 2.30. The molecule has 16 heavy (non-hydrogen) atoms. The maximum atomic E-state index is 10.9. The van der Waals surface area contributed by atoms with Crippen LogP contribution in [0.15, 0.2) is 6.07 Å². The van der Waals surface area contributed by atoms with Gasteiger partial charge in [-0.2, -0.15) is 0 Å². The predicted octanol–water partition coefficient (Wildman–Crippen LogP) is 3.18. The van der Waals surface area contributed by atoms with Crippen molar-refractivity contribution in [3.05, 3.63) is 23.0 Å². The van der Waals surface area contributed by atoms with E-state index in [0.29, 0.717) is 17.5 Å². The van der Waals surface area contributed by atoms with E-state index >= 15 is 0 Å². The van der Waals surface area contributed by atoms with E-state index in [4.69, 9.17) is 5.11 Å². The van der Waals surface area contributed by atoms with Crippen molar-refractivity contribution in [3.63, 3.8) is 0 Å². The van der Waals surface area contributed by atoms with Gasteiger partial charge in [0.1, 0.15) is 5.69 Å². The lowest BCUT2D eigenvalue weighted by molar-refractivity contribution is 0.0691. The fraction of sp³-hybridized carbons (Fsp3) is 0.615. The van der Waals surface area contributed by atoms with Gasteiger partial charge in [-0.05, 0) is 36.3 Å². The zero-order valence-electron chi connectivity index (χ0n) is 9.92. The Hall–Kier alpha value is -1.25. The topological polar surface area (TPSA) is 53.1 Å². The molecule has 1 aliphatic rings. The number of aryl methyl sites for hydroxylation is 1. The summed E-state index contributed by atoms with van der Waals surface area (Å²) in [6.07, 6.45) is 4.53. The lowest BCUT2D eigenvalue weighted by Gasteiger charge is -2.20. The number of nitrogens with one attached hydrogen (secondary N) is 1. The number of aromatic carboxylic acids is 1.